The maximum absolute atomic E-state index is 13.1. The second kappa shape index (κ2) is 5.76. The lowest BCUT2D eigenvalue weighted by atomic mass is 9.84. The molecule has 2 aromatic rings. The molecule has 0 aliphatic carbocycles. The molecule has 130 valence electrons. The van der Waals surface area contributed by atoms with Gasteiger partial charge in [0.05, 0.1) is 0 Å². The SMILES string of the molecule is CC(=O)Oc1cc(C(C)(C)C)cc2oc(C)c(C(C)(C)C)c(=O)c12. The third-order valence-corrected chi connectivity index (χ3v) is 4.00. The molecule has 0 fully saturated rings. The number of carbonyl (C=O) groups excluding carboxylic acids is 1. The fourth-order valence-corrected chi connectivity index (χ4v) is 2.93. The van der Waals surface area contributed by atoms with Gasteiger partial charge in [-0.05, 0) is 35.4 Å². The van der Waals surface area contributed by atoms with E-state index in [1.54, 1.807) is 13.0 Å². The van der Waals surface area contributed by atoms with Crippen LogP contribution in [0.5, 0.6) is 5.75 Å². The predicted octanol–water partition coefficient (Wildman–Crippen LogP) is 4.62. The maximum atomic E-state index is 13.1. The molecule has 4 heteroatoms. The van der Waals surface area contributed by atoms with Gasteiger partial charge < -0.3 is 9.15 Å². The molecular weight excluding hydrogens is 304 g/mol. The first kappa shape index (κ1) is 18.2. The number of fused-ring (bicyclic) bond motifs is 1. The standard InChI is InChI=1S/C20H26O4/c1-11-17(20(6,7)8)18(22)16-14(23-11)9-13(19(3,4)5)10-15(16)24-12(2)21/h9-10H,1-8H3. The van der Waals surface area contributed by atoms with Crippen molar-refractivity contribution in [1.29, 1.82) is 0 Å². The first-order valence-corrected chi connectivity index (χ1v) is 8.13. The van der Waals surface area contributed by atoms with Gasteiger partial charge in [0.2, 0.25) is 0 Å². The van der Waals surface area contributed by atoms with Crippen LogP contribution >= 0.6 is 0 Å². The summed E-state index contributed by atoms with van der Waals surface area (Å²) in [6.45, 7) is 15.2. The molecule has 0 aliphatic rings. The molecule has 4 nitrogen and oxygen atoms in total. The number of esters is 1. The van der Waals surface area contributed by atoms with Crippen molar-refractivity contribution < 1.29 is 13.9 Å². The van der Waals surface area contributed by atoms with Crippen LogP contribution in [0.1, 0.15) is 65.4 Å². The van der Waals surface area contributed by atoms with Crippen LogP contribution in [0.25, 0.3) is 11.0 Å². The number of ether oxygens (including phenoxy) is 1. The fraction of sp³-hybridized carbons (Fsp3) is 0.500. The van der Waals surface area contributed by atoms with E-state index in [4.69, 9.17) is 9.15 Å². The molecule has 0 unspecified atom stereocenters. The van der Waals surface area contributed by atoms with Gasteiger partial charge in [0.15, 0.2) is 5.43 Å². The summed E-state index contributed by atoms with van der Waals surface area (Å²) in [4.78, 5) is 24.6. The molecule has 0 amide bonds. The number of hydrogen-bond acceptors (Lipinski definition) is 4. The second-order valence-electron chi connectivity index (χ2n) is 8.30. The molecule has 0 spiro atoms. The second-order valence-corrected chi connectivity index (χ2v) is 8.30. The Bertz CT molecular complexity index is 858. The third kappa shape index (κ3) is 3.37. The lowest BCUT2D eigenvalue weighted by Gasteiger charge is -2.23. The highest BCUT2D eigenvalue weighted by Gasteiger charge is 2.27. The molecule has 0 aliphatic heterocycles. The number of benzene rings is 1. The van der Waals surface area contributed by atoms with Gasteiger partial charge in [-0.3, -0.25) is 9.59 Å². The van der Waals surface area contributed by atoms with Crippen molar-refractivity contribution >= 4 is 16.9 Å². The molecule has 0 saturated heterocycles. The number of aryl methyl sites for hydroxylation is 1. The van der Waals surface area contributed by atoms with E-state index in [9.17, 15) is 9.59 Å². The van der Waals surface area contributed by atoms with Gasteiger partial charge in [-0.2, -0.15) is 0 Å². The van der Waals surface area contributed by atoms with Crippen LogP contribution in [0.2, 0.25) is 0 Å². The summed E-state index contributed by atoms with van der Waals surface area (Å²) in [5.74, 6) is 0.406. The molecule has 1 aromatic heterocycles. The van der Waals surface area contributed by atoms with Crippen LogP contribution in [-0.2, 0) is 15.6 Å². The average molecular weight is 330 g/mol. The number of carbonyl (C=O) groups is 1. The molecule has 0 bridgehead atoms. The molecule has 0 N–H and O–H groups in total. The summed E-state index contributed by atoms with van der Waals surface area (Å²) in [7, 11) is 0. The van der Waals surface area contributed by atoms with Crippen molar-refractivity contribution in [3.8, 4) is 5.75 Å². The minimum atomic E-state index is -0.459. The molecule has 0 radical (unpaired) electrons. The summed E-state index contributed by atoms with van der Waals surface area (Å²) < 4.78 is 11.3. The molecule has 1 aromatic carbocycles. The molecule has 0 atom stereocenters. The first-order valence-electron chi connectivity index (χ1n) is 8.13. The Morgan fingerprint density at radius 1 is 1.04 bits per heavy atom. The quantitative estimate of drug-likeness (QED) is 0.565. The number of rotatable bonds is 1. The van der Waals surface area contributed by atoms with E-state index in [-0.39, 0.29) is 22.0 Å². The largest absolute Gasteiger partial charge is 0.461 e. The summed E-state index contributed by atoms with van der Waals surface area (Å²) in [5, 5.41) is 0.328. The zero-order chi connectivity index (χ0) is 18.4. The Balaban J connectivity index is 2.97. The Morgan fingerprint density at radius 2 is 1.62 bits per heavy atom. The summed E-state index contributed by atoms with van der Waals surface area (Å²) in [5.41, 5.74) is 1.32. The van der Waals surface area contributed by atoms with Crippen molar-refractivity contribution in [3.05, 3.63) is 39.2 Å². The zero-order valence-corrected chi connectivity index (χ0v) is 15.8. The molecule has 1 heterocycles. The van der Waals surface area contributed by atoms with Gasteiger partial charge in [0, 0.05) is 12.5 Å². The normalized spacial score (nSPS) is 12.5. The van der Waals surface area contributed by atoms with E-state index in [1.165, 1.54) is 6.92 Å². The first-order chi connectivity index (χ1) is 10.8. The van der Waals surface area contributed by atoms with E-state index >= 15 is 0 Å². The minimum Gasteiger partial charge on any atom is -0.461 e. The molecule has 24 heavy (non-hydrogen) atoms. The topological polar surface area (TPSA) is 56.5 Å². The van der Waals surface area contributed by atoms with Gasteiger partial charge in [0.25, 0.3) is 0 Å². The third-order valence-electron chi connectivity index (χ3n) is 4.00. The van der Waals surface area contributed by atoms with Gasteiger partial charge in [-0.1, -0.05) is 41.5 Å². The monoisotopic (exact) mass is 330 g/mol. The van der Waals surface area contributed by atoms with E-state index < -0.39 is 5.97 Å². The van der Waals surface area contributed by atoms with Crippen molar-refractivity contribution in [1.82, 2.24) is 0 Å². The lowest BCUT2D eigenvalue weighted by Crippen LogP contribution is -2.25. The van der Waals surface area contributed by atoms with Gasteiger partial charge in [-0.25, -0.2) is 0 Å². The van der Waals surface area contributed by atoms with Gasteiger partial charge in [0.1, 0.15) is 22.5 Å². The summed E-state index contributed by atoms with van der Waals surface area (Å²) in [6.07, 6.45) is 0. The Labute approximate surface area is 142 Å². The van der Waals surface area contributed by atoms with Crippen LogP contribution in [0, 0.1) is 6.92 Å². The molecule has 2 rings (SSSR count). The lowest BCUT2D eigenvalue weighted by molar-refractivity contribution is -0.131. The van der Waals surface area contributed by atoms with E-state index in [2.05, 4.69) is 20.8 Å². The average Bonchev–Trinajstić information content (AvgIpc) is 2.33. The van der Waals surface area contributed by atoms with Crippen LogP contribution in [0.4, 0.5) is 0 Å². The fourth-order valence-electron chi connectivity index (χ4n) is 2.93. The van der Waals surface area contributed by atoms with E-state index in [0.29, 0.717) is 22.3 Å². The van der Waals surface area contributed by atoms with Crippen LogP contribution in [0.15, 0.2) is 21.3 Å². The van der Waals surface area contributed by atoms with Crippen molar-refractivity contribution in [3.63, 3.8) is 0 Å². The summed E-state index contributed by atoms with van der Waals surface area (Å²) >= 11 is 0. The highest BCUT2D eigenvalue weighted by Crippen LogP contribution is 2.34. The van der Waals surface area contributed by atoms with Crippen LogP contribution in [0.3, 0.4) is 0 Å². The van der Waals surface area contributed by atoms with Crippen LogP contribution < -0.4 is 10.2 Å². The zero-order valence-electron chi connectivity index (χ0n) is 15.8. The van der Waals surface area contributed by atoms with Gasteiger partial charge in [-0.15, -0.1) is 0 Å². The number of hydrogen-bond donors (Lipinski definition) is 0. The van der Waals surface area contributed by atoms with E-state index in [1.807, 2.05) is 26.8 Å². The Morgan fingerprint density at radius 3 is 2.08 bits per heavy atom. The molecular formula is C20H26O4. The smallest absolute Gasteiger partial charge is 0.308 e. The highest BCUT2D eigenvalue weighted by molar-refractivity contribution is 5.88. The Hall–Kier alpha value is -2.10. The Kier molecular flexibility index (Phi) is 4.38. The van der Waals surface area contributed by atoms with E-state index in [0.717, 1.165) is 5.56 Å². The van der Waals surface area contributed by atoms with Crippen LogP contribution in [-0.4, -0.2) is 5.97 Å². The van der Waals surface area contributed by atoms with Crippen molar-refractivity contribution in [2.24, 2.45) is 0 Å². The minimum absolute atomic E-state index is 0.141. The maximum Gasteiger partial charge on any atom is 0.308 e. The molecule has 0 saturated carbocycles. The highest BCUT2D eigenvalue weighted by atomic mass is 16.5. The predicted molar refractivity (Wildman–Crippen MR) is 95.9 cm³/mol. The van der Waals surface area contributed by atoms with Crippen molar-refractivity contribution in [2.45, 2.75) is 66.2 Å². The summed E-state index contributed by atoms with van der Waals surface area (Å²) in [6, 6.07) is 3.63. The van der Waals surface area contributed by atoms with Crippen molar-refractivity contribution in [2.75, 3.05) is 0 Å². The van der Waals surface area contributed by atoms with Gasteiger partial charge >= 0.3 is 5.97 Å².